The number of carbonyl (C=O) groups is 1. The molecule has 1 fully saturated rings. The Morgan fingerprint density at radius 3 is 2.68 bits per heavy atom. The molecule has 3 aliphatic rings. The zero-order valence-electron chi connectivity index (χ0n) is 19.0. The van der Waals surface area contributed by atoms with E-state index in [9.17, 15) is 14.0 Å². The number of aromatic nitrogens is 2. The molecule has 2 heterocycles. The summed E-state index contributed by atoms with van der Waals surface area (Å²) < 4.78 is 15.9. The minimum absolute atomic E-state index is 0.0742. The fourth-order valence-corrected chi connectivity index (χ4v) is 5.56. The second-order valence-electron chi connectivity index (χ2n) is 8.81. The van der Waals surface area contributed by atoms with Crippen LogP contribution in [-0.4, -0.2) is 27.9 Å². The van der Waals surface area contributed by atoms with Crippen molar-refractivity contribution in [2.24, 2.45) is 0 Å². The Morgan fingerprint density at radius 1 is 1.18 bits per heavy atom. The average Bonchev–Trinajstić information content (AvgIpc) is 3.21. The lowest BCUT2D eigenvalue weighted by molar-refractivity contribution is 0.0922. The highest BCUT2D eigenvalue weighted by Gasteiger charge is 2.21. The van der Waals surface area contributed by atoms with E-state index in [1.807, 2.05) is 0 Å². The van der Waals surface area contributed by atoms with Gasteiger partial charge in [-0.05, 0) is 49.6 Å². The molecule has 2 aliphatic heterocycles. The van der Waals surface area contributed by atoms with Crippen molar-refractivity contribution in [2.45, 2.75) is 57.7 Å². The van der Waals surface area contributed by atoms with Crippen LogP contribution in [0.2, 0.25) is 0 Å². The first kappa shape index (κ1) is 22.7. The number of hydrogen-bond donors (Lipinski definition) is 2. The first-order chi connectivity index (χ1) is 16.5. The molecule has 0 spiro atoms. The van der Waals surface area contributed by atoms with E-state index in [2.05, 4.69) is 22.7 Å². The van der Waals surface area contributed by atoms with E-state index in [1.54, 1.807) is 41.8 Å². The molecule has 2 aromatic rings. The monoisotopic (exact) mass is 478 g/mol. The lowest BCUT2D eigenvalue weighted by atomic mass is 9.95. The lowest BCUT2D eigenvalue weighted by Gasteiger charge is -2.28. The van der Waals surface area contributed by atoms with Gasteiger partial charge in [-0.3, -0.25) is 14.9 Å². The van der Waals surface area contributed by atoms with E-state index in [0.29, 0.717) is 38.6 Å². The summed E-state index contributed by atoms with van der Waals surface area (Å²) in [6.07, 6.45) is 6.79. The molecule has 0 radical (unpaired) electrons. The molecule has 5 rings (SSSR count). The Morgan fingerprint density at radius 2 is 1.94 bits per heavy atom. The highest BCUT2D eigenvalue weighted by Crippen LogP contribution is 2.32. The molecule has 0 aromatic heterocycles. The maximum Gasteiger partial charge on any atom is 0.281 e. The van der Waals surface area contributed by atoms with Gasteiger partial charge in [0.2, 0.25) is 0 Å². The summed E-state index contributed by atoms with van der Waals surface area (Å²) in [5.41, 5.74) is 1.73. The van der Waals surface area contributed by atoms with Gasteiger partial charge in [-0.1, -0.05) is 38.3 Å². The Bertz CT molecular complexity index is 1340. The van der Waals surface area contributed by atoms with E-state index in [1.165, 1.54) is 41.3 Å². The normalized spacial score (nSPS) is 15.6. The first-order valence-electron chi connectivity index (χ1n) is 11.8. The Hall–Kier alpha value is -3.10. The number of benzene rings is 2. The van der Waals surface area contributed by atoms with Gasteiger partial charge < -0.3 is 5.32 Å². The number of carbonyl (C=O) groups excluding carboxylic acids is 1. The largest absolute Gasteiger partial charge is 0.337 e. The number of fused-ring (bicyclic) bond motifs is 3. The standard InChI is InChI=1S/C26H27FN4O2S/c1-2-22(28-17-7-4-3-5-8-17)29-25(32)16-11-13-18(14-12-16)31-26(33)20-15-34-24-19(23(20)30-31)9-6-10-21(24)27/h6,9-15,17,22,28H,2-5,7-8H2,1H3,(H,29,32). The summed E-state index contributed by atoms with van der Waals surface area (Å²) in [6.45, 7) is 2.05. The van der Waals surface area contributed by atoms with Crippen LogP contribution in [0, 0.1) is 5.82 Å². The number of rotatable bonds is 6. The molecule has 1 aliphatic carbocycles. The highest BCUT2D eigenvalue weighted by atomic mass is 32.1. The molecule has 176 valence electrons. The first-order valence-corrected chi connectivity index (χ1v) is 12.7. The van der Waals surface area contributed by atoms with Crippen molar-refractivity contribution in [3.8, 4) is 16.9 Å². The summed E-state index contributed by atoms with van der Waals surface area (Å²) in [4.78, 5) is 25.8. The van der Waals surface area contributed by atoms with Crippen LogP contribution >= 0.6 is 11.3 Å². The van der Waals surface area contributed by atoms with Crippen LogP contribution in [-0.2, 0) is 0 Å². The number of hydrogen-bond acceptors (Lipinski definition) is 5. The molecule has 6 nitrogen and oxygen atoms in total. The zero-order valence-corrected chi connectivity index (χ0v) is 19.8. The molecule has 1 atom stereocenters. The van der Waals surface area contributed by atoms with Gasteiger partial charge in [0.15, 0.2) is 0 Å². The van der Waals surface area contributed by atoms with Crippen molar-refractivity contribution in [3.63, 3.8) is 0 Å². The fraction of sp³-hybridized carbons (Fsp3) is 0.346. The van der Waals surface area contributed by atoms with Gasteiger partial charge in [-0.25, -0.2) is 4.39 Å². The predicted octanol–water partition coefficient (Wildman–Crippen LogP) is 5.08. The van der Waals surface area contributed by atoms with Crippen LogP contribution in [0.3, 0.4) is 0 Å². The van der Waals surface area contributed by atoms with Crippen molar-refractivity contribution in [1.29, 1.82) is 0 Å². The maximum atomic E-state index is 14.2. The van der Waals surface area contributed by atoms with Gasteiger partial charge >= 0.3 is 0 Å². The van der Waals surface area contributed by atoms with Gasteiger partial charge in [0.1, 0.15) is 11.5 Å². The Labute approximate surface area is 201 Å². The van der Waals surface area contributed by atoms with Crippen LogP contribution in [0.25, 0.3) is 27.0 Å². The predicted molar refractivity (Wildman–Crippen MR) is 133 cm³/mol. The van der Waals surface area contributed by atoms with Crippen molar-refractivity contribution in [1.82, 2.24) is 20.4 Å². The van der Waals surface area contributed by atoms with Gasteiger partial charge in [0.05, 0.1) is 22.1 Å². The van der Waals surface area contributed by atoms with E-state index < -0.39 is 0 Å². The van der Waals surface area contributed by atoms with Crippen molar-refractivity contribution in [2.75, 3.05) is 0 Å². The van der Waals surface area contributed by atoms with Crippen molar-refractivity contribution < 1.29 is 9.18 Å². The van der Waals surface area contributed by atoms with E-state index in [4.69, 9.17) is 0 Å². The topological polar surface area (TPSA) is 76.0 Å². The Kier molecular flexibility index (Phi) is 6.43. The van der Waals surface area contributed by atoms with Crippen molar-refractivity contribution >= 4 is 27.3 Å². The summed E-state index contributed by atoms with van der Waals surface area (Å²) in [7, 11) is 0. The molecule has 1 amide bonds. The van der Waals surface area contributed by atoms with Gasteiger partial charge in [-0.2, -0.15) is 9.78 Å². The van der Waals surface area contributed by atoms with Crippen LogP contribution in [0.4, 0.5) is 4.39 Å². The number of halogens is 1. The summed E-state index contributed by atoms with van der Waals surface area (Å²) in [5.74, 6) is -0.483. The third kappa shape index (κ3) is 4.35. The van der Waals surface area contributed by atoms with Crippen LogP contribution in [0.5, 0.6) is 0 Å². The van der Waals surface area contributed by atoms with E-state index in [-0.39, 0.29) is 23.4 Å². The summed E-state index contributed by atoms with van der Waals surface area (Å²) in [5, 5.41) is 13.4. The number of nitrogens with zero attached hydrogens (tertiary/aromatic N) is 2. The minimum atomic E-state index is -0.329. The molecule has 1 saturated carbocycles. The molecule has 2 N–H and O–H groups in total. The van der Waals surface area contributed by atoms with Crippen LogP contribution in [0.1, 0.15) is 55.8 Å². The van der Waals surface area contributed by atoms with Gasteiger partial charge in [-0.15, -0.1) is 11.3 Å². The fourth-order valence-electron chi connectivity index (χ4n) is 4.64. The molecule has 8 heteroatoms. The second-order valence-corrected chi connectivity index (χ2v) is 9.69. The van der Waals surface area contributed by atoms with Crippen LogP contribution in [0.15, 0.2) is 52.6 Å². The third-order valence-electron chi connectivity index (χ3n) is 6.52. The molecule has 2 aromatic carbocycles. The summed E-state index contributed by atoms with van der Waals surface area (Å²) >= 11 is 1.19. The van der Waals surface area contributed by atoms with Crippen LogP contribution < -0.4 is 16.2 Å². The lowest BCUT2D eigenvalue weighted by Crippen LogP contribution is -2.49. The van der Waals surface area contributed by atoms with Crippen molar-refractivity contribution in [3.05, 3.63) is 69.6 Å². The molecular weight excluding hydrogens is 451 g/mol. The van der Waals surface area contributed by atoms with E-state index >= 15 is 0 Å². The number of amides is 1. The summed E-state index contributed by atoms with van der Waals surface area (Å²) in [6, 6.07) is 12.1. The average molecular weight is 479 g/mol. The minimum Gasteiger partial charge on any atom is -0.337 e. The van der Waals surface area contributed by atoms with Gasteiger partial charge in [0, 0.05) is 22.4 Å². The quantitative estimate of drug-likeness (QED) is 0.379. The smallest absolute Gasteiger partial charge is 0.281 e. The van der Waals surface area contributed by atoms with Gasteiger partial charge in [0.25, 0.3) is 11.5 Å². The maximum absolute atomic E-state index is 14.2. The third-order valence-corrected chi connectivity index (χ3v) is 7.53. The Balaban J connectivity index is 1.36. The highest BCUT2D eigenvalue weighted by molar-refractivity contribution is 7.17. The number of nitrogens with one attached hydrogen (secondary N) is 2. The molecule has 0 saturated heterocycles. The molecule has 34 heavy (non-hydrogen) atoms. The SMILES string of the molecule is CCC(NC(=O)c1ccc(-n2nc3c4cccc(F)c4scc-3c2=O)cc1)NC1CCCCC1. The zero-order chi connectivity index (χ0) is 23.7. The van der Waals surface area contributed by atoms with E-state index in [0.717, 1.165) is 19.3 Å². The molecule has 0 bridgehead atoms. The molecular formula is C26H27FN4O2S. The second kappa shape index (κ2) is 9.64. The molecule has 1 unspecified atom stereocenters.